The van der Waals surface area contributed by atoms with Gasteiger partial charge in [-0.1, -0.05) is 11.8 Å². The van der Waals surface area contributed by atoms with Crippen molar-refractivity contribution in [2.24, 2.45) is 0 Å². The standard InChI is InChI=1S/C17H22N4O4S/c1-17(2,3)25-16(22)20-8-4-5-12(20)10-26-15-18-13-7-6-11(21(23)24)9-14(13)19-15/h6-7,9,12H,4-5,8,10H2,1-3H3,(H,18,19). The third-order valence-electron chi connectivity index (χ3n) is 4.07. The van der Waals surface area contributed by atoms with Crippen molar-refractivity contribution in [3.63, 3.8) is 0 Å². The van der Waals surface area contributed by atoms with Gasteiger partial charge in [-0.05, 0) is 39.7 Å². The van der Waals surface area contributed by atoms with E-state index in [1.165, 1.54) is 23.9 Å². The third kappa shape index (κ3) is 4.27. The van der Waals surface area contributed by atoms with Gasteiger partial charge in [0.25, 0.3) is 5.69 Å². The van der Waals surface area contributed by atoms with E-state index in [9.17, 15) is 14.9 Å². The Hall–Kier alpha value is -2.29. The van der Waals surface area contributed by atoms with E-state index in [4.69, 9.17) is 4.74 Å². The van der Waals surface area contributed by atoms with E-state index >= 15 is 0 Å². The molecule has 0 radical (unpaired) electrons. The Kier molecular flexibility index (Phi) is 5.08. The van der Waals surface area contributed by atoms with Gasteiger partial charge in [0.05, 0.1) is 16.0 Å². The molecule has 1 aliphatic heterocycles. The van der Waals surface area contributed by atoms with Crippen LogP contribution in [0, 0.1) is 10.1 Å². The van der Waals surface area contributed by atoms with Crippen LogP contribution in [0.3, 0.4) is 0 Å². The number of ether oxygens (including phenoxy) is 1. The molecule has 8 nitrogen and oxygen atoms in total. The molecule has 1 aromatic heterocycles. The highest BCUT2D eigenvalue weighted by Crippen LogP contribution is 2.28. The normalized spacial score (nSPS) is 17.7. The van der Waals surface area contributed by atoms with Crippen molar-refractivity contribution < 1.29 is 14.5 Å². The molecule has 0 spiro atoms. The number of aromatic amines is 1. The van der Waals surface area contributed by atoms with Crippen molar-refractivity contribution in [3.8, 4) is 0 Å². The molecule has 26 heavy (non-hydrogen) atoms. The number of hydrogen-bond acceptors (Lipinski definition) is 6. The summed E-state index contributed by atoms with van der Waals surface area (Å²) in [6, 6.07) is 4.65. The van der Waals surface area contributed by atoms with E-state index in [-0.39, 0.29) is 17.8 Å². The number of thioether (sulfide) groups is 1. The Morgan fingerprint density at radius 2 is 2.27 bits per heavy atom. The number of carbonyl (C=O) groups excluding carboxylic acids is 1. The monoisotopic (exact) mass is 378 g/mol. The molecular formula is C17H22N4O4S. The average Bonchev–Trinajstić information content (AvgIpc) is 3.16. The number of nitro groups is 1. The molecule has 1 aromatic carbocycles. The zero-order valence-electron chi connectivity index (χ0n) is 15.0. The molecule has 140 valence electrons. The molecule has 1 aliphatic rings. The predicted octanol–water partition coefficient (Wildman–Crippen LogP) is 3.96. The van der Waals surface area contributed by atoms with Crippen molar-refractivity contribution >= 4 is 34.6 Å². The number of aromatic nitrogens is 2. The SMILES string of the molecule is CC(C)(C)OC(=O)N1CCCC1CSc1nc2ccc([N+](=O)[O-])cc2[nH]1. The Labute approximate surface area is 155 Å². The Morgan fingerprint density at radius 1 is 1.50 bits per heavy atom. The van der Waals surface area contributed by atoms with Crippen LogP contribution in [0.1, 0.15) is 33.6 Å². The van der Waals surface area contributed by atoms with Crippen molar-refractivity contribution in [1.82, 2.24) is 14.9 Å². The molecule has 3 rings (SSSR count). The fourth-order valence-electron chi connectivity index (χ4n) is 2.90. The number of H-pyrrole nitrogens is 1. The summed E-state index contributed by atoms with van der Waals surface area (Å²) in [7, 11) is 0. The molecule has 1 fully saturated rings. The highest BCUT2D eigenvalue weighted by molar-refractivity contribution is 7.99. The van der Waals surface area contributed by atoms with Crippen LogP contribution in [-0.4, -0.2) is 49.8 Å². The Morgan fingerprint density at radius 3 is 2.96 bits per heavy atom. The maximum absolute atomic E-state index is 12.3. The van der Waals surface area contributed by atoms with Gasteiger partial charge in [0.15, 0.2) is 5.16 Å². The van der Waals surface area contributed by atoms with Gasteiger partial charge in [-0.25, -0.2) is 9.78 Å². The lowest BCUT2D eigenvalue weighted by Gasteiger charge is -2.28. The molecule has 9 heteroatoms. The first-order valence-corrected chi connectivity index (χ1v) is 9.48. The van der Waals surface area contributed by atoms with Gasteiger partial charge in [0, 0.05) is 30.5 Å². The van der Waals surface area contributed by atoms with Crippen molar-refractivity contribution in [3.05, 3.63) is 28.3 Å². The molecule has 1 saturated heterocycles. The summed E-state index contributed by atoms with van der Waals surface area (Å²) in [6.45, 7) is 6.28. The first kappa shape index (κ1) is 18.5. The van der Waals surface area contributed by atoms with Crippen molar-refractivity contribution in [2.45, 2.75) is 50.4 Å². The average molecular weight is 378 g/mol. The highest BCUT2D eigenvalue weighted by Gasteiger charge is 2.32. The fraction of sp³-hybridized carbons (Fsp3) is 0.529. The number of nitrogens with zero attached hydrogens (tertiary/aromatic N) is 3. The molecule has 1 atom stereocenters. The van der Waals surface area contributed by atoms with Gasteiger partial charge in [-0.2, -0.15) is 0 Å². The zero-order chi connectivity index (χ0) is 18.9. The summed E-state index contributed by atoms with van der Waals surface area (Å²) in [5.74, 6) is 0.696. The van der Waals surface area contributed by atoms with Gasteiger partial charge in [0.2, 0.25) is 0 Å². The van der Waals surface area contributed by atoms with Crippen LogP contribution in [0.4, 0.5) is 10.5 Å². The first-order chi connectivity index (χ1) is 12.2. The molecule has 2 aromatic rings. The number of benzene rings is 1. The molecule has 0 bridgehead atoms. The Bertz CT molecular complexity index is 830. The zero-order valence-corrected chi connectivity index (χ0v) is 15.8. The van der Waals surface area contributed by atoms with E-state index < -0.39 is 10.5 Å². The highest BCUT2D eigenvalue weighted by atomic mass is 32.2. The summed E-state index contributed by atoms with van der Waals surface area (Å²) in [5.41, 5.74) is 0.848. The Balaban J connectivity index is 1.65. The minimum absolute atomic E-state index is 0.0320. The number of likely N-dealkylation sites (tertiary alicyclic amines) is 1. The van der Waals surface area contributed by atoms with Crippen LogP contribution in [0.15, 0.2) is 23.4 Å². The van der Waals surface area contributed by atoms with Crippen LogP contribution < -0.4 is 0 Å². The predicted molar refractivity (Wildman–Crippen MR) is 99.4 cm³/mol. The first-order valence-electron chi connectivity index (χ1n) is 8.49. The minimum Gasteiger partial charge on any atom is -0.444 e. The van der Waals surface area contributed by atoms with Crippen LogP contribution in [0.5, 0.6) is 0 Å². The van der Waals surface area contributed by atoms with E-state index in [2.05, 4.69) is 9.97 Å². The molecule has 0 saturated carbocycles. The van der Waals surface area contributed by atoms with Crippen LogP contribution in [0.2, 0.25) is 0 Å². The lowest BCUT2D eigenvalue weighted by molar-refractivity contribution is -0.384. The van der Waals surface area contributed by atoms with Crippen LogP contribution in [0.25, 0.3) is 11.0 Å². The summed E-state index contributed by atoms with van der Waals surface area (Å²) in [5, 5.41) is 11.6. The smallest absolute Gasteiger partial charge is 0.410 e. The molecule has 0 aliphatic carbocycles. The summed E-state index contributed by atoms with van der Waals surface area (Å²) in [6.07, 6.45) is 1.61. The van der Waals surface area contributed by atoms with Crippen molar-refractivity contribution in [2.75, 3.05) is 12.3 Å². The molecule has 1 unspecified atom stereocenters. The van der Waals surface area contributed by atoms with Crippen LogP contribution in [-0.2, 0) is 4.74 Å². The fourth-order valence-corrected chi connectivity index (χ4v) is 3.94. The lowest BCUT2D eigenvalue weighted by Crippen LogP contribution is -2.40. The lowest BCUT2D eigenvalue weighted by atomic mass is 10.2. The largest absolute Gasteiger partial charge is 0.444 e. The molecule has 2 heterocycles. The number of carbonyl (C=O) groups is 1. The summed E-state index contributed by atoms with van der Waals surface area (Å²) >= 11 is 1.51. The van der Waals surface area contributed by atoms with E-state index in [0.717, 1.165) is 12.8 Å². The van der Waals surface area contributed by atoms with Gasteiger partial charge in [-0.3, -0.25) is 10.1 Å². The topological polar surface area (TPSA) is 101 Å². The molecule has 1 N–H and O–H groups in total. The maximum atomic E-state index is 12.3. The number of nitrogens with one attached hydrogen (secondary N) is 1. The van der Waals surface area contributed by atoms with E-state index in [1.54, 1.807) is 11.0 Å². The van der Waals surface area contributed by atoms with Gasteiger partial charge in [-0.15, -0.1) is 0 Å². The van der Waals surface area contributed by atoms with Crippen LogP contribution >= 0.6 is 11.8 Å². The number of amides is 1. The van der Waals surface area contributed by atoms with Gasteiger partial charge in [0.1, 0.15) is 5.60 Å². The number of fused-ring (bicyclic) bond motifs is 1. The third-order valence-corrected chi connectivity index (χ3v) is 5.09. The second kappa shape index (κ2) is 7.14. The van der Waals surface area contributed by atoms with Crippen molar-refractivity contribution in [1.29, 1.82) is 0 Å². The second-order valence-electron chi connectivity index (χ2n) is 7.28. The van der Waals surface area contributed by atoms with Gasteiger partial charge >= 0.3 is 6.09 Å². The molecule has 1 amide bonds. The molecular weight excluding hydrogens is 356 g/mol. The minimum atomic E-state index is -0.509. The quantitative estimate of drug-likeness (QED) is 0.491. The number of rotatable bonds is 4. The summed E-state index contributed by atoms with van der Waals surface area (Å²) in [4.78, 5) is 32.1. The summed E-state index contributed by atoms with van der Waals surface area (Å²) < 4.78 is 5.48. The second-order valence-corrected chi connectivity index (χ2v) is 8.29. The number of nitro benzene ring substituents is 1. The van der Waals surface area contributed by atoms with E-state index in [0.29, 0.717) is 28.5 Å². The maximum Gasteiger partial charge on any atom is 0.410 e. The number of hydrogen-bond donors (Lipinski definition) is 1. The van der Waals surface area contributed by atoms with Gasteiger partial charge < -0.3 is 14.6 Å². The number of non-ortho nitro benzene ring substituents is 1. The number of imidazole rings is 1. The van der Waals surface area contributed by atoms with E-state index in [1.807, 2.05) is 20.8 Å².